The fourth-order valence-electron chi connectivity index (χ4n) is 2.08. The van der Waals surface area contributed by atoms with Crippen molar-refractivity contribution in [1.29, 1.82) is 0 Å². The Hall–Kier alpha value is 0.430. The second-order valence-corrected chi connectivity index (χ2v) is 5.64. The number of carboxylic acid groups (broad SMARTS) is 1. The van der Waals surface area contributed by atoms with E-state index in [-0.39, 0.29) is 29.6 Å². The van der Waals surface area contributed by atoms with Crippen LogP contribution in [0.3, 0.4) is 0 Å². The van der Waals surface area contributed by atoms with Gasteiger partial charge in [0.25, 0.3) is 0 Å². The summed E-state index contributed by atoms with van der Waals surface area (Å²) in [6.45, 7) is 3.77. The van der Waals surface area contributed by atoms with Gasteiger partial charge in [-0.15, -0.1) is 0 Å². The molecule has 4 heteroatoms. The maximum atomic E-state index is 10.7. The third-order valence-corrected chi connectivity index (χ3v) is 3.52. The Bertz CT molecular complexity index is 220. The molecule has 0 aromatic heterocycles. The molecule has 1 unspecified atom stereocenters. The van der Waals surface area contributed by atoms with Gasteiger partial charge in [-0.05, 0) is 13.3 Å². The molecule has 2 N–H and O–H groups in total. The molecule has 0 aromatic rings. The number of hydrogen-bond donors (Lipinski definition) is 1. The Morgan fingerprint density at radius 1 is 0.947 bits per heavy atom. The molecule has 1 atom stereocenters. The second kappa shape index (κ2) is 13.4. The van der Waals surface area contributed by atoms with E-state index < -0.39 is 11.5 Å². The summed E-state index contributed by atoms with van der Waals surface area (Å²) in [5.74, 6) is -1.14. The third kappa shape index (κ3) is 13.2. The predicted molar refractivity (Wildman–Crippen MR) is 74.1 cm³/mol. The van der Waals surface area contributed by atoms with Crippen LogP contribution in [0.25, 0.3) is 0 Å². The molecular formula is C15H30NNaO2. The zero-order chi connectivity index (χ0) is 13.9. The average molecular weight is 279 g/mol. The van der Waals surface area contributed by atoms with Crippen LogP contribution in [0.4, 0.5) is 0 Å². The zero-order valence-electron chi connectivity index (χ0n) is 13.2. The van der Waals surface area contributed by atoms with Gasteiger partial charge in [-0.3, -0.25) is 0 Å². The van der Waals surface area contributed by atoms with E-state index in [0.29, 0.717) is 6.42 Å². The van der Waals surface area contributed by atoms with Gasteiger partial charge in [0.15, 0.2) is 0 Å². The van der Waals surface area contributed by atoms with Gasteiger partial charge in [0.1, 0.15) is 0 Å². The number of unbranched alkanes of at least 4 members (excludes halogenated alkanes) is 9. The van der Waals surface area contributed by atoms with E-state index in [4.69, 9.17) is 5.73 Å². The second-order valence-electron chi connectivity index (χ2n) is 5.64. The normalized spacial score (nSPS) is 13.6. The van der Waals surface area contributed by atoms with Gasteiger partial charge in [-0.2, -0.15) is 0 Å². The fraction of sp³-hybridized carbons (Fsp3) is 0.933. The minimum atomic E-state index is -1.15. The number of nitrogens with two attached hydrogens (primary N) is 1. The molecule has 0 radical (unpaired) electrons. The van der Waals surface area contributed by atoms with Crippen LogP contribution in [-0.2, 0) is 4.79 Å². The van der Waals surface area contributed by atoms with Gasteiger partial charge in [-0.1, -0.05) is 71.1 Å². The summed E-state index contributed by atoms with van der Waals surface area (Å²) in [6, 6.07) is 0. The first-order chi connectivity index (χ1) is 8.50. The van der Waals surface area contributed by atoms with Gasteiger partial charge in [0.05, 0.1) is 11.5 Å². The molecule has 0 aliphatic heterocycles. The van der Waals surface area contributed by atoms with Crippen molar-refractivity contribution in [2.45, 2.75) is 90.0 Å². The topological polar surface area (TPSA) is 66.2 Å². The van der Waals surface area contributed by atoms with Crippen LogP contribution >= 0.6 is 0 Å². The molecule has 0 saturated heterocycles. The maximum absolute atomic E-state index is 10.7. The molecule has 0 fully saturated rings. The molecule has 0 heterocycles. The van der Waals surface area contributed by atoms with Crippen molar-refractivity contribution in [2.24, 2.45) is 5.73 Å². The van der Waals surface area contributed by atoms with Crippen molar-refractivity contribution < 1.29 is 39.5 Å². The summed E-state index contributed by atoms with van der Waals surface area (Å²) in [5.41, 5.74) is 4.45. The third-order valence-electron chi connectivity index (χ3n) is 3.52. The molecular weight excluding hydrogens is 249 g/mol. The molecule has 3 nitrogen and oxygen atoms in total. The van der Waals surface area contributed by atoms with Gasteiger partial charge >= 0.3 is 29.6 Å². The number of rotatable bonds is 12. The number of carbonyl (C=O) groups is 1. The summed E-state index contributed by atoms with van der Waals surface area (Å²) in [5, 5.41) is 10.7. The summed E-state index contributed by atoms with van der Waals surface area (Å²) in [7, 11) is 0. The molecule has 0 rings (SSSR count). The van der Waals surface area contributed by atoms with Crippen LogP contribution in [-0.4, -0.2) is 11.5 Å². The van der Waals surface area contributed by atoms with Crippen LogP contribution in [0, 0.1) is 0 Å². The van der Waals surface area contributed by atoms with Crippen molar-refractivity contribution in [3.05, 3.63) is 0 Å². The molecule has 0 aromatic carbocycles. The van der Waals surface area contributed by atoms with E-state index >= 15 is 0 Å². The summed E-state index contributed by atoms with van der Waals surface area (Å²) in [6.07, 6.45) is 13.0. The fourth-order valence-corrected chi connectivity index (χ4v) is 2.08. The van der Waals surface area contributed by atoms with Gasteiger partial charge < -0.3 is 15.6 Å². The van der Waals surface area contributed by atoms with E-state index in [1.807, 2.05) is 0 Å². The van der Waals surface area contributed by atoms with Crippen LogP contribution in [0.5, 0.6) is 0 Å². The molecule has 0 spiro atoms. The average Bonchev–Trinajstić information content (AvgIpc) is 2.31. The molecule has 19 heavy (non-hydrogen) atoms. The van der Waals surface area contributed by atoms with Gasteiger partial charge in [0, 0.05) is 0 Å². The van der Waals surface area contributed by atoms with Gasteiger partial charge in [0.2, 0.25) is 0 Å². The first-order valence-electron chi connectivity index (χ1n) is 7.51. The first-order valence-corrected chi connectivity index (χ1v) is 7.51. The summed E-state index contributed by atoms with van der Waals surface area (Å²) >= 11 is 0. The number of aliphatic carboxylic acids is 1. The minimum Gasteiger partial charge on any atom is -0.548 e. The summed E-state index contributed by atoms with van der Waals surface area (Å²) < 4.78 is 0. The van der Waals surface area contributed by atoms with E-state index in [1.165, 1.54) is 58.3 Å². The number of hydrogen-bond acceptors (Lipinski definition) is 3. The van der Waals surface area contributed by atoms with E-state index in [9.17, 15) is 9.90 Å². The molecule has 0 saturated carbocycles. The van der Waals surface area contributed by atoms with Crippen LogP contribution in [0.1, 0.15) is 84.5 Å². The van der Waals surface area contributed by atoms with Crippen molar-refractivity contribution in [3.8, 4) is 0 Å². The van der Waals surface area contributed by atoms with Crippen molar-refractivity contribution in [2.75, 3.05) is 0 Å². The molecule has 108 valence electrons. The molecule has 0 amide bonds. The number of carbonyl (C=O) groups excluding carboxylic acids is 1. The Morgan fingerprint density at radius 3 is 1.68 bits per heavy atom. The quantitative estimate of drug-likeness (QED) is 0.396. The van der Waals surface area contributed by atoms with Crippen molar-refractivity contribution in [3.63, 3.8) is 0 Å². The Labute approximate surface area is 141 Å². The van der Waals surface area contributed by atoms with E-state index in [0.717, 1.165) is 12.8 Å². The zero-order valence-corrected chi connectivity index (χ0v) is 15.2. The van der Waals surface area contributed by atoms with Crippen molar-refractivity contribution in [1.82, 2.24) is 0 Å². The maximum Gasteiger partial charge on any atom is 1.00 e. The van der Waals surface area contributed by atoms with Crippen LogP contribution < -0.4 is 40.4 Å². The largest absolute Gasteiger partial charge is 1.00 e. The Balaban J connectivity index is 0. The monoisotopic (exact) mass is 279 g/mol. The SMILES string of the molecule is CCCCCCCCCCCCC(C)(N)C(=O)[O-].[Na+]. The van der Waals surface area contributed by atoms with E-state index in [1.54, 1.807) is 0 Å². The predicted octanol–water partition coefficient (Wildman–Crippen LogP) is -0.231. The minimum absolute atomic E-state index is 0. The first kappa shape index (κ1) is 21.7. The Morgan fingerprint density at radius 2 is 1.32 bits per heavy atom. The van der Waals surface area contributed by atoms with Gasteiger partial charge in [-0.25, -0.2) is 0 Å². The number of carboxylic acids is 1. The van der Waals surface area contributed by atoms with Crippen LogP contribution in [0.15, 0.2) is 0 Å². The summed E-state index contributed by atoms with van der Waals surface area (Å²) in [4.78, 5) is 10.7. The van der Waals surface area contributed by atoms with Crippen LogP contribution in [0.2, 0.25) is 0 Å². The Kier molecular flexibility index (Phi) is 15.3. The smallest absolute Gasteiger partial charge is 0.548 e. The molecule has 0 aliphatic rings. The van der Waals surface area contributed by atoms with Crippen molar-refractivity contribution >= 4 is 5.97 Å². The molecule has 0 bridgehead atoms. The standard InChI is InChI=1S/C15H31NO2.Na/c1-3-4-5-6-7-8-9-10-11-12-13-15(2,16)14(17)18;/h3-13,16H2,1-2H3,(H,17,18);/q;+1/p-1. The molecule has 0 aliphatic carbocycles. The van der Waals surface area contributed by atoms with E-state index in [2.05, 4.69) is 6.92 Å².